The second-order valence-electron chi connectivity index (χ2n) is 5.20. The molecule has 0 aliphatic carbocycles. The topological polar surface area (TPSA) is 82.2 Å². The Bertz CT molecular complexity index is 454. The van der Waals surface area contributed by atoms with E-state index >= 15 is 0 Å². The van der Waals surface area contributed by atoms with Gasteiger partial charge in [-0.05, 0) is 27.2 Å². The van der Waals surface area contributed by atoms with Gasteiger partial charge in [0.25, 0.3) is 0 Å². The van der Waals surface area contributed by atoms with Crippen molar-refractivity contribution in [2.75, 3.05) is 19.0 Å². The number of nitrogens with one attached hydrogen (secondary N) is 1. The van der Waals surface area contributed by atoms with E-state index in [-0.39, 0.29) is 10.6 Å². The number of rotatable bonds is 7. The molecule has 0 fully saturated rings. The lowest BCUT2D eigenvalue weighted by Crippen LogP contribution is -2.37. The zero-order chi connectivity index (χ0) is 14.6. The second kappa shape index (κ2) is 6.01. The minimum atomic E-state index is -0.405. The van der Waals surface area contributed by atoms with Gasteiger partial charge in [0.15, 0.2) is 0 Å². The smallest absolute Gasteiger partial charge is 0.333 e. The predicted octanol–water partition coefficient (Wildman–Crippen LogP) is 2.35. The molecule has 0 saturated heterocycles. The first-order valence-electron chi connectivity index (χ1n) is 6.31. The van der Waals surface area contributed by atoms with E-state index in [9.17, 15) is 10.1 Å². The first-order chi connectivity index (χ1) is 8.82. The van der Waals surface area contributed by atoms with E-state index in [1.807, 2.05) is 20.8 Å². The number of hydrogen-bond donors (Lipinski definition) is 1. The number of nitrogens with zero attached hydrogens (tertiary/aromatic N) is 3. The van der Waals surface area contributed by atoms with Gasteiger partial charge in [0, 0.05) is 13.7 Å². The van der Waals surface area contributed by atoms with Crippen molar-refractivity contribution in [3.05, 3.63) is 15.8 Å². The van der Waals surface area contributed by atoms with Crippen LogP contribution in [0.25, 0.3) is 0 Å². The Labute approximate surface area is 113 Å². The summed E-state index contributed by atoms with van der Waals surface area (Å²) in [6, 6.07) is 0. The van der Waals surface area contributed by atoms with Crippen molar-refractivity contribution in [3.63, 3.8) is 0 Å². The highest BCUT2D eigenvalue weighted by molar-refractivity contribution is 5.60. The minimum absolute atomic E-state index is 0.0395. The molecular weight excluding hydrogens is 248 g/mol. The van der Waals surface area contributed by atoms with E-state index in [2.05, 4.69) is 10.4 Å². The van der Waals surface area contributed by atoms with E-state index in [0.29, 0.717) is 24.7 Å². The molecule has 1 heterocycles. The molecule has 0 aromatic carbocycles. The Morgan fingerprint density at radius 2 is 2.16 bits per heavy atom. The molecule has 1 aromatic rings. The zero-order valence-electron chi connectivity index (χ0n) is 12.2. The molecule has 0 amide bonds. The molecule has 0 spiro atoms. The normalized spacial score (nSPS) is 11.6. The number of aryl methyl sites for hydroxylation is 2. The van der Waals surface area contributed by atoms with Gasteiger partial charge in [0.05, 0.1) is 17.1 Å². The average Bonchev–Trinajstić information content (AvgIpc) is 2.54. The maximum absolute atomic E-state index is 11.2. The summed E-state index contributed by atoms with van der Waals surface area (Å²) >= 11 is 0. The number of ether oxygens (including phenoxy) is 1. The quantitative estimate of drug-likeness (QED) is 0.607. The van der Waals surface area contributed by atoms with Crippen LogP contribution in [0.5, 0.6) is 0 Å². The van der Waals surface area contributed by atoms with Crippen LogP contribution in [-0.2, 0) is 11.3 Å². The van der Waals surface area contributed by atoms with Crippen molar-refractivity contribution in [2.24, 2.45) is 0 Å². The van der Waals surface area contributed by atoms with Gasteiger partial charge in [-0.1, -0.05) is 6.92 Å². The Balaban J connectivity index is 3.18. The Hall–Kier alpha value is -1.63. The van der Waals surface area contributed by atoms with Crippen molar-refractivity contribution in [1.82, 2.24) is 9.78 Å². The maximum atomic E-state index is 11.2. The van der Waals surface area contributed by atoms with Crippen LogP contribution in [0.4, 0.5) is 11.5 Å². The van der Waals surface area contributed by atoms with Crippen LogP contribution >= 0.6 is 0 Å². The molecule has 7 heteroatoms. The summed E-state index contributed by atoms with van der Waals surface area (Å²) in [5, 5.41) is 18.6. The number of aromatic nitrogens is 2. The SMILES string of the molecule is CCCn1nc(C)c([N+](=O)[O-])c1NC(C)(C)COC. The lowest BCUT2D eigenvalue weighted by molar-refractivity contribution is -0.384. The summed E-state index contributed by atoms with van der Waals surface area (Å²) in [4.78, 5) is 10.8. The van der Waals surface area contributed by atoms with Crippen LogP contribution in [0.3, 0.4) is 0 Å². The minimum Gasteiger partial charge on any atom is -0.382 e. The van der Waals surface area contributed by atoms with Crippen LogP contribution in [-0.4, -0.2) is 34.0 Å². The van der Waals surface area contributed by atoms with Gasteiger partial charge in [-0.15, -0.1) is 0 Å². The summed E-state index contributed by atoms with van der Waals surface area (Å²) in [6.45, 7) is 8.60. The summed E-state index contributed by atoms with van der Waals surface area (Å²) in [5.41, 5.74) is 0.0593. The Morgan fingerprint density at radius 3 is 2.63 bits per heavy atom. The molecule has 1 rings (SSSR count). The molecule has 1 N–H and O–H groups in total. The fourth-order valence-electron chi connectivity index (χ4n) is 2.01. The average molecular weight is 270 g/mol. The number of hydrogen-bond acceptors (Lipinski definition) is 5. The highest BCUT2D eigenvalue weighted by atomic mass is 16.6. The molecule has 0 radical (unpaired) electrons. The fourth-order valence-corrected chi connectivity index (χ4v) is 2.01. The molecule has 1 aromatic heterocycles. The summed E-state index contributed by atoms with van der Waals surface area (Å²) in [6.07, 6.45) is 0.859. The molecule has 0 unspecified atom stereocenters. The highest BCUT2D eigenvalue weighted by Gasteiger charge is 2.29. The van der Waals surface area contributed by atoms with Gasteiger partial charge in [-0.2, -0.15) is 5.10 Å². The van der Waals surface area contributed by atoms with Gasteiger partial charge in [0.1, 0.15) is 5.69 Å². The first-order valence-corrected chi connectivity index (χ1v) is 6.31. The highest BCUT2D eigenvalue weighted by Crippen LogP contribution is 2.30. The van der Waals surface area contributed by atoms with E-state index in [1.54, 1.807) is 18.7 Å². The van der Waals surface area contributed by atoms with Gasteiger partial charge >= 0.3 is 5.69 Å². The van der Waals surface area contributed by atoms with Crippen molar-refractivity contribution in [3.8, 4) is 0 Å². The van der Waals surface area contributed by atoms with Gasteiger partial charge in [-0.3, -0.25) is 10.1 Å². The Morgan fingerprint density at radius 1 is 1.53 bits per heavy atom. The van der Waals surface area contributed by atoms with Crippen molar-refractivity contribution >= 4 is 11.5 Å². The molecule has 0 aliphatic rings. The third-order valence-electron chi connectivity index (χ3n) is 2.68. The van der Waals surface area contributed by atoms with Crippen LogP contribution in [0, 0.1) is 17.0 Å². The van der Waals surface area contributed by atoms with Crippen LogP contribution in [0.2, 0.25) is 0 Å². The molecule has 19 heavy (non-hydrogen) atoms. The molecular formula is C12H22N4O3. The molecule has 108 valence electrons. The van der Waals surface area contributed by atoms with Crippen LogP contribution < -0.4 is 5.32 Å². The first kappa shape index (κ1) is 15.4. The second-order valence-corrected chi connectivity index (χ2v) is 5.20. The van der Waals surface area contributed by atoms with Gasteiger partial charge in [-0.25, -0.2) is 4.68 Å². The fraction of sp³-hybridized carbons (Fsp3) is 0.750. The lowest BCUT2D eigenvalue weighted by atomic mass is 10.1. The molecule has 0 bridgehead atoms. The van der Waals surface area contributed by atoms with Crippen molar-refractivity contribution < 1.29 is 9.66 Å². The third-order valence-corrected chi connectivity index (χ3v) is 2.68. The van der Waals surface area contributed by atoms with E-state index < -0.39 is 5.54 Å². The molecule has 0 atom stereocenters. The number of nitro groups is 1. The number of anilines is 1. The van der Waals surface area contributed by atoms with Gasteiger partial charge < -0.3 is 10.1 Å². The maximum Gasteiger partial charge on any atom is 0.333 e. The summed E-state index contributed by atoms with van der Waals surface area (Å²) in [7, 11) is 1.60. The molecule has 7 nitrogen and oxygen atoms in total. The van der Waals surface area contributed by atoms with E-state index in [0.717, 1.165) is 6.42 Å². The van der Waals surface area contributed by atoms with Crippen LogP contribution in [0.1, 0.15) is 32.9 Å². The predicted molar refractivity (Wildman–Crippen MR) is 73.5 cm³/mol. The zero-order valence-corrected chi connectivity index (χ0v) is 12.2. The molecule has 0 saturated carbocycles. The molecule has 0 aliphatic heterocycles. The van der Waals surface area contributed by atoms with E-state index in [4.69, 9.17) is 4.74 Å². The lowest BCUT2D eigenvalue weighted by Gasteiger charge is -2.26. The van der Waals surface area contributed by atoms with Crippen molar-refractivity contribution in [1.29, 1.82) is 0 Å². The standard InChI is InChI=1S/C12H22N4O3/c1-6-7-15-11(13-12(3,4)8-19-5)10(16(17)18)9(2)14-15/h13H,6-8H2,1-5H3. The van der Waals surface area contributed by atoms with Crippen LogP contribution in [0.15, 0.2) is 0 Å². The monoisotopic (exact) mass is 270 g/mol. The summed E-state index contributed by atoms with van der Waals surface area (Å²) < 4.78 is 6.78. The summed E-state index contributed by atoms with van der Waals surface area (Å²) in [5.74, 6) is 0.450. The van der Waals surface area contributed by atoms with E-state index in [1.165, 1.54) is 0 Å². The van der Waals surface area contributed by atoms with Gasteiger partial charge in [0.2, 0.25) is 5.82 Å². The third kappa shape index (κ3) is 3.66. The largest absolute Gasteiger partial charge is 0.382 e. The Kier molecular flexibility index (Phi) is 4.88. The van der Waals surface area contributed by atoms with Crippen molar-refractivity contribution in [2.45, 2.75) is 46.2 Å². The number of methoxy groups -OCH3 is 1.